The van der Waals surface area contributed by atoms with Crippen LogP contribution >= 0.6 is 24.0 Å². The summed E-state index contributed by atoms with van der Waals surface area (Å²) in [5.74, 6) is 1.31. The molecule has 1 aromatic heterocycles. The highest BCUT2D eigenvalue weighted by molar-refractivity contribution is 14.0. The van der Waals surface area contributed by atoms with Gasteiger partial charge in [-0.25, -0.2) is 9.38 Å². The van der Waals surface area contributed by atoms with Crippen LogP contribution in [0.5, 0.6) is 0 Å². The van der Waals surface area contributed by atoms with Gasteiger partial charge >= 0.3 is 0 Å². The molecule has 0 aliphatic carbocycles. The molecule has 0 spiro atoms. The van der Waals surface area contributed by atoms with Crippen molar-refractivity contribution in [3.8, 4) is 0 Å². The number of guanidine groups is 1. The first-order valence-corrected chi connectivity index (χ1v) is 6.98. The molecule has 22 heavy (non-hydrogen) atoms. The van der Waals surface area contributed by atoms with Gasteiger partial charge in [0.25, 0.3) is 0 Å². The molecule has 1 aromatic carbocycles. The summed E-state index contributed by atoms with van der Waals surface area (Å²) in [4.78, 5) is 4.44. The average molecular weight is 417 g/mol. The number of hydrogen-bond donors (Lipinski definition) is 2. The van der Waals surface area contributed by atoms with Crippen LogP contribution in [-0.4, -0.2) is 12.5 Å². The zero-order valence-electron chi connectivity index (χ0n) is 12.7. The number of nitrogens with zero attached hydrogens (tertiary/aromatic N) is 1. The highest BCUT2D eigenvalue weighted by atomic mass is 127. The van der Waals surface area contributed by atoms with Crippen molar-refractivity contribution in [2.45, 2.75) is 26.9 Å². The van der Waals surface area contributed by atoms with Crippen LogP contribution in [0.25, 0.3) is 0 Å². The standard InChI is InChI=1S/C16H20FN3O.HI/c1-3-18-16(20-11-14-5-4-8-21-14)19-10-13-7-6-12(2)15(17)9-13;/h4-9H,3,10-11H2,1-2H3,(H2,18,19,20);1H. The summed E-state index contributed by atoms with van der Waals surface area (Å²) in [6, 6.07) is 8.92. The normalized spacial score (nSPS) is 11.0. The van der Waals surface area contributed by atoms with Gasteiger partial charge in [0.2, 0.25) is 0 Å². The molecule has 0 aliphatic heterocycles. The Morgan fingerprint density at radius 1 is 1.27 bits per heavy atom. The molecule has 0 unspecified atom stereocenters. The molecule has 2 N–H and O–H groups in total. The summed E-state index contributed by atoms with van der Waals surface area (Å²) >= 11 is 0. The quantitative estimate of drug-likeness (QED) is 0.444. The van der Waals surface area contributed by atoms with E-state index in [1.54, 1.807) is 19.3 Å². The van der Waals surface area contributed by atoms with E-state index in [2.05, 4.69) is 15.6 Å². The van der Waals surface area contributed by atoms with Crippen molar-refractivity contribution in [3.63, 3.8) is 0 Å². The highest BCUT2D eigenvalue weighted by Crippen LogP contribution is 2.10. The number of rotatable bonds is 5. The van der Waals surface area contributed by atoms with E-state index in [0.717, 1.165) is 17.9 Å². The van der Waals surface area contributed by atoms with Gasteiger partial charge in [0.05, 0.1) is 19.4 Å². The van der Waals surface area contributed by atoms with E-state index in [4.69, 9.17) is 4.42 Å². The summed E-state index contributed by atoms with van der Waals surface area (Å²) in [5.41, 5.74) is 1.49. The molecule has 0 bridgehead atoms. The Morgan fingerprint density at radius 2 is 2.09 bits per heavy atom. The zero-order chi connectivity index (χ0) is 15.1. The second-order valence-electron chi connectivity index (χ2n) is 4.71. The second kappa shape index (κ2) is 9.45. The van der Waals surface area contributed by atoms with E-state index in [0.29, 0.717) is 24.6 Å². The lowest BCUT2D eigenvalue weighted by molar-refractivity contribution is 0.501. The SMILES string of the molecule is CCNC(=NCc1ccc(C)c(F)c1)NCc1ccco1.I. The van der Waals surface area contributed by atoms with Crippen molar-refractivity contribution < 1.29 is 8.81 Å². The van der Waals surface area contributed by atoms with Crippen LogP contribution in [0.4, 0.5) is 4.39 Å². The lowest BCUT2D eigenvalue weighted by Gasteiger charge is -2.10. The number of furan rings is 1. The smallest absolute Gasteiger partial charge is 0.191 e. The van der Waals surface area contributed by atoms with Gasteiger partial charge in [0.1, 0.15) is 11.6 Å². The molecule has 0 radical (unpaired) electrons. The Labute approximate surface area is 147 Å². The summed E-state index contributed by atoms with van der Waals surface area (Å²) in [7, 11) is 0. The molecule has 0 saturated heterocycles. The molecule has 0 atom stereocenters. The Hall–Kier alpha value is -1.57. The minimum absolute atomic E-state index is 0. The Bertz CT molecular complexity index is 599. The van der Waals surface area contributed by atoms with Gasteiger partial charge < -0.3 is 15.1 Å². The van der Waals surface area contributed by atoms with Crippen LogP contribution in [0.3, 0.4) is 0 Å². The Kier molecular flexibility index (Phi) is 7.94. The maximum Gasteiger partial charge on any atom is 0.191 e. The third-order valence-electron chi connectivity index (χ3n) is 3.01. The molecule has 0 fully saturated rings. The Morgan fingerprint density at radius 3 is 2.73 bits per heavy atom. The van der Waals surface area contributed by atoms with E-state index in [-0.39, 0.29) is 29.8 Å². The van der Waals surface area contributed by atoms with Gasteiger partial charge in [0, 0.05) is 6.54 Å². The van der Waals surface area contributed by atoms with Crippen molar-refractivity contribution >= 4 is 29.9 Å². The fourth-order valence-corrected chi connectivity index (χ4v) is 1.83. The van der Waals surface area contributed by atoms with Gasteiger partial charge in [-0.2, -0.15) is 0 Å². The largest absolute Gasteiger partial charge is 0.467 e. The van der Waals surface area contributed by atoms with E-state index in [1.165, 1.54) is 6.07 Å². The topological polar surface area (TPSA) is 49.6 Å². The van der Waals surface area contributed by atoms with Gasteiger partial charge in [0.15, 0.2) is 5.96 Å². The molecule has 0 amide bonds. The molecule has 0 aliphatic rings. The maximum atomic E-state index is 13.5. The third-order valence-corrected chi connectivity index (χ3v) is 3.01. The van der Waals surface area contributed by atoms with Gasteiger partial charge in [-0.15, -0.1) is 24.0 Å². The fraction of sp³-hybridized carbons (Fsp3) is 0.312. The number of nitrogens with one attached hydrogen (secondary N) is 2. The predicted octanol–water partition coefficient (Wildman–Crippen LogP) is 3.60. The molecule has 0 saturated carbocycles. The predicted molar refractivity (Wildman–Crippen MR) is 96.9 cm³/mol. The van der Waals surface area contributed by atoms with Crippen LogP contribution in [0, 0.1) is 12.7 Å². The minimum atomic E-state index is -0.198. The first-order chi connectivity index (χ1) is 10.2. The summed E-state index contributed by atoms with van der Waals surface area (Å²) < 4.78 is 18.8. The van der Waals surface area contributed by atoms with Crippen LogP contribution in [-0.2, 0) is 13.1 Å². The number of hydrogen-bond acceptors (Lipinski definition) is 2. The summed E-state index contributed by atoms with van der Waals surface area (Å²) in [6.45, 7) is 5.48. The maximum absolute atomic E-state index is 13.5. The van der Waals surface area contributed by atoms with Crippen LogP contribution < -0.4 is 10.6 Å². The number of halogens is 2. The molecule has 120 valence electrons. The molecule has 6 heteroatoms. The van der Waals surface area contributed by atoms with Crippen LogP contribution in [0.15, 0.2) is 46.0 Å². The highest BCUT2D eigenvalue weighted by Gasteiger charge is 2.02. The first kappa shape index (κ1) is 18.5. The van der Waals surface area contributed by atoms with Crippen molar-refractivity contribution in [3.05, 3.63) is 59.3 Å². The molecular formula is C16H21FIN3O. The Balaban J connectivity index is 0.00000242. The summed E-state index contributed by atoms with van der Waals surface area (Å²) in [6.07, 6.45) is 1.64. The van der Waals surface area contributed by atoms with Gasteiger partial charge in [-0.3, -0.25) is 0 Å². The van der Waals surface area contributed by atoms with Crippen LogP contribution in [0.2, 0.25) is 0 Å². The second-order valence-corrected chi connectivity index (χ2v) is 4.71. The lowest BCUT2D eigenvalue weighted by atomic mass is 10.1. The first-order valence-electron chi connectivity index (χ1n) is 6.98. The molecule has 1 heterocycles. The van der Waals surface area contributed by atoms with E-state index < -0.39 is 0 Å². The molecular weight excluding hydrogens is 396 g/mol. The van der Waals surface area contributed by atoms with E-state index >= 15 is 0 Å². The van der Waals surface area contributed by atoms with Crippen molar-refractivity contribution in [2.24, 2.45) is 4.99 Å². The van der Waals surface area contributed by atoms with E-state index in [9.17, 15) is 4.39 Å². The zero-order valence-corrected chi connectivity index (χ0v) is 15.1. The van der Waals surface area contributed by atoms with Crippen molar-refractivity contribution in [1.82, 2.24) is 10.6 Å². The lowest BCUT2D eigenvalue weighted by Crippen LogP contribution is -2.36. The van der Waals surface area contributed by atoms with Crippen molar-refractivity contribution in [2.75, 3.05) is 6.54 Å². The van der Waals surface area contributed by atoms with Crippen molar-refractivity contribution in [1.29, 1.82) is 0 Å². The third kappa shape index (κ3) is 5.67. The van der Waals surface area contributed by atoms with E-state index in [1.807, 2.05) is 25.1 Å². The number of benzene rings is 1. The number of aryl methyl sites for hydroxylation is 1. The fourth-order valence-electron chi connectivity index (χ4n) is 1.83. The monoisotopic (exact) mass is 417 g/mol. The molecule has 2 rings (SSSR count). The summed E-state index contributed by atoms with van der Waals surface area (Å²) in [5, 5.41) is 6.32. The molecule has 2 aromatic rings. The molecule has 4 nitrogen and oxygen atoms in total. The minimum Gasteiger partial charge on any atom is -0.467 e. The van der Waals surface area contributed by atoms with Gasteiger partial charge in [-0.1, -0.05) is 12.1 Å². The average Bonchev–Trinajstić information content (AvgIpc) is 2.99. The van der Waals surface area contributed by atoms with Crippen LogP contribution in [0.1, 0.15) is 23.8 Å². The van der Waals surface area contributed by atoms with Gasteiger partial charge in [-0.05, 0) is 43.2 Å². The number of aliphatic imine (C=N–C) groups is 1.